The smallest absolute Gasteiger partial charge is 0.462 e. The van der Waals surface area contributed by atoms with Gasteiger partial charge in [0.25, 0.3) is 0 Å². The summed E-state index contributed by atoms with van der Waals surface area (Å²) in [6.45, 7) is 4.64. The molecule has 0 spiro atoms. The minimum absolute atomic E-state index is 0.0555. The van der Waals surface area contributed by atoms with Crippen LogP contribution < -0.4 is 0 Å². The van der Waals surface area contributed by atoms with E-state index in [2.05, 4.69) is 149 Å². The number of rotatable bonds is 80. The van der Waals surface area contributed by atoms with Crippen molar-refractivity contribution >= 4 is 39.5 Å². The first-order valence-corrected chi connectivity index (χ1v) is 45.8. The average molecular weight is 1560 g/mol. The van der Waals surface area contributed by atoms with Gasteiger partial charge in [-0.05, 0) is 116 Å². The maximum Gasteiger partial charge on any atom is 0.472 e. The topological polar surface area (TPSA) is 237 Å². The lowest BCUT2D eigenvalue weighted by Crippen LogP contribution is -2.30. The summed E-state index contributed by atoms with van der Waals surface area (Å²) in [6, 6.07) is 0. The van der Waals surface area contributed by atoms with E-state index in [0.29, 0.717) is 25.7 Å². The Balaban J connectivity index is 5.43. The van der Waals surface area contributed by atoms with Crippen molar-refractivity contribution in [2.24, 2.45) is 0 Å². The van der Waals surface area contributed by atoms with Crippen LogP contribution in [0.2, 0.25) is 0 Å². The first-order valence-electron chi connectivity index (χ1n) is 42.8. The zero-order valence-electron chi connectivity index (χ0n) is 68.2. The summed E-state index contributed by atoms with van der Waals surface area (Å²) in [7, 11) is -9.99. The molecule has 108 heavy (non-hydrogen) atoms. The molecule has 622 valence electrons. The molecule has 4 atom stereocenters. The van der Waals surface area contributed by atoms with Gasteiger partial charge in [0, 0.05) is 25.7 Å². The third kappa shape index (κ3) is 79.5. The molecule has 0 heterocycles. The minimum atomic E-state index is -4.99. The predicted molar refractivity (Wildman–Crippen MR) is 445 cm³/mol. The van der Waals surface area contributed by atoms with Gasteiger partial charge in [-0.25, -0.2) is 9.13 Å². The Hall–Kier alpha value is -4.54. The van der Waals surface area contributed by atoms with Crippen LogP contribution >= 0.6 is 15.6 Å². The number of hydrogen-bond donors (Lipinski definition) is 3. The van der Waals surface area contributed by atoms with E-state index in [1.807, 2.05) is 0 Å². The van der Waals surface area contributed by atoms with E-state index in [1.165, 1.54) is 141 Å². The molecule has 0 aliphatic heterocycles. The van der Waals surface area contributed by atoms with Gasteiger partial charge in [0.1, 0.15) is 19.3 Å². The van der Waals surface area contributed by atoms with Crippen molar-refractivity contribution in [3.8, 4) is 0 Å². The molecule has 0 fully saturated rings. The number of aliphatic hydroxyl groups excluding tert-OH is 1. The Morgan fingerprint density at radius 2 is 0.481 bits per heavy atom. The number of unbranched alkanes of at least 4 members (excludes halogenated alkanes) is 34. The maximum absolute atomic E-state index is 13.1. The van der Waals surface area contributed by atoms with Gasteiger partial charge in [0.15, 0.2) is 12.2 Å². The van der Waals surface area contributed by atoms with Crippen molar-refractivity contribution in [1.82, 2.24) is 0 Å². The van der Waals surface area contributed by atoms with Gasteiger partial charge in [-0.1, -0.05) is 342 Å². The molecule has 0 aromatic rings. The molecule has 0 aromatic carbocycles. The Morgan fingerprint density at radius 1 is 0.269 bits per heavy atom. The van der Waals surface area contributed by atoms with E-state index in [0.717, 1.165) is 141 Å². The summed E-state index contributed by atoms with van der Waals surface area (Å²) in [5.74, 6) is -2.23. The molecule has 0 bridgehead atoms. The molecule has 0 radical (unpaired) electrons. The van der Waals surface area contributed by atoms with Crippen molar-refractivity contribution in [3.05, 3.63) is 122 Å². The Morgan fingerprint density at radius 3 is 0.741 bits per heavy atom. The molecule has 0 aliphatic carbocycles. The van der Waals surface area contributed by atoms with Crippen LogP contribution in [0.25, 0.3) is 0 Å². The van der Waals surface area contributed by atoms with E-state index in [1.54, 1.807) is 0 Å². The zero-order valence-corrected chi connectivity index (χ0v) is 70.0. The number of hydrogen-bond acceptors (Lipinski definition) is 15. The van der Waals surface area contributed by atoms with Gasteiger partial charge >= 0.3 is 39.5 Å². The summed E-state index contributed by atoms with van der Waals surface area (Å²) in [6.07, 6.45) is 90.2. The van der Waals surface area contributed by atoms with Gasteiger partial charge in [-0.15, -0.1) is 0 Å². The van der Waals surface area contributed by atoms with Crippen LogP contribution in [0.3, 0.4) is 0 Å². The number of carbonyl (C=O) groups is 4. The standard InChI is InChI=1S/C89H154O17P2/c1-5-9-13-17-21-25-29-33-37-39-41-43-47-51-55-59-63-67-71-75-88(93)105-84(79-99-86(91)73-69-65-61-57-53-49-45-35-31-27-23-19-15-11-7-3)81-103-107(95,96)101-77-83(90)78-102-108(97,98)104-82-85(80-100-87(92)74-70-66-62-58-54-50-46-36-32-28-24-20-16-12-8-4)106-89(94)76-72-68-64-60-56-52-48-44-42-40-38-34-30-26-22-18-14-10-6-2/h9-10,13-14,21-22,25-26,33-34,37-38,41-44,51-52,55-56,83-85,90H,5-8,11-12,15-20,23-24,27-32,35-36,39-40,45-50,53-54,57-82H2,1-4H3,(H,95,96)(H,97,98)/b13-9-,14-10-,25-21-,26-22-,37-33-,38-34-,43-41-,44-42-,55-51-,56-52-/t84-,85-/m1/s1. The van der Waals surface area contributed by atoms with Crippen LogP contribution in [0.5, 0.6) is 0 Å². The zero-order chi connectivity index (χ0) is 78.9. The van der Waals surface area contributed by atoms with Crippen molar-refractivity contribution in [1.29, 1.82) is 0 Å². The van der Waals surface area contributed by atoms with Crippen LogP contribution in [-0.2, 0) is 65.4 Å². The molecule has 2 unspecified atom stereocenters. The fourth-order valence-electron chi connectivity index (χ4n) is 11.5. The molecule has 3 N–H and O–H groups in total. The molecule has 0 aromatic heterocycles. The van der Waals surface area contributed by atoms with Crippen LogP contribution in [0, 0.1) is 0 Å². The molecule has 0 rings (SSSR count). The van der Waals surface area contributed by atoms with Gasteiger partial charge in [0.2, 0.25) is 0 Å². The molecular weight excluding hydrogens is 1400 g/mol. The third-order valence-corrected chi connectivity index (χ3v) is 19.9. The first-order chi connectivity index (χ1) is 52.7. The largest absolute Gasteiger partial charge is 0.472 e. The second-order valence-corrected chi connectivity index (χ2v) is 31.3. The highest BCUT2D eigenvalue weighted by molar-refractivity contribution is 7.47. The minimum Gasteiger partial charge on any atom is -0.462 e. The highest BCUT2D eigenvalue weighted by Crippen LogP contribution is 2.45. The molecule has 0 aliphatic rings. The lowest BCUT2D eigenvalue weighted by Gasteiger charge is -2.21. The van der Waals surface area contributed by atoms with Gasteiger partial charge in [-0.3, -0.25) is 37.3 Å². The van der Waals surface area contributed by atoms with Crippen LogP contribution in [0.1, 0.15) is 362 Å². The van der Waals surface area contributed by atoms with Crippen LogP contribution in [0.4, 0.5) is 0 Å². The average Bonchev–Trinajstić information content (AvgIpc) is 0.907. The van der Waals surface area contributed by atoms with Crippen molar-refractivity contribution in [2.75, 3.05) is 39.6 Å². The monoisotopic (exact) mass is 1560 g/mol. The van der Waals surface area contributed by atoms with Crippen molar-refractivity contribution in [3.63, 3.8) is 0 Å². The summed E-state index contributed by atoms with van der Waals surface area (Å²) >= 11 is 0. The van der Waals surface area contributed by atoms with Gasteiger partial charge in [-0.2, -0.15) is 0 Å². The SMILES string of the molecule is CC/C=C\C/C=C\C/C=C\C/C=C\C/C=C\CCCCCC(=O)O[C@H](COC(=O)CCCCCCCCCCCCCCCCC)COP(=O)(O)OCC(O)COP(=O)(O)OC[C@@H](COC(=O)CCCCCCCCCCCCCCCCC)OC(=O)CCCCC/C=C\C/C=C\C/C=C\C/C=C\C/C=C\CC. The highest BCUT2D eigenvalue weighted by atomic mass is 31.2. The number of aliphatic hydroxyl groups is 1. The summed E-state index contributed by atoms with van der Waals surface area (Å²) in [5, 5.41) is 10.7. The number of phosphoric acid groups is 2. The highest BCUT2D eigenvalue weighted by Gasteiger charge is 2.30. The molecule has 0 amide bonds. The van der Waals surface area contributed by atoms with E-state index >= 15 is 0 Å². The molecular formula is C89H154O17P2. The Labute approximate surface area is 657 Å². The molecule has 17 nitrogen and oxygen atoms in total. The second kappa shape index (κ2) is 80.5. The predicted octanol–water partition coefficient (Wildman–Crippen LogP) is 25.5. The lowest BCUT2D eigenvalue weighted by atomic mass is 10.0. The molecule has 0 saturated carbocycles. The maximum atomic E-state index is 13.1. The Kier molecular flexibility index (Phi) is 77.1. The lowest BCUT2D eigenvalue weighted by molar-refractivity contribution is -0.161. The first kappa shape index (κ1) is 103. The fraction of sp³-hybridized carbons (Fsp3) is 0.730. The number of phosphoric ester groups is 2. The normalized spacial score (nSPS) is 14.4. The van der Waals surface area contributed by atoms with Crippen LogP contribution in [-0.4, -0.2) is 96.7 Å². The quantitative estimate of drug-likeness (QED) is 0.0169. The molecule has 0 saturated heterocycles. The second-order valence-electron chi connectivity index (χ2n) is 28.4. The van der Waals surface area contributed by atoms with Gasteiger partial charge in [0.05, 0.1) is 26.4 Å². The number of allylic oxidation sites excluding steroid dienone is 20. The van der Waals surface area contributed by atoms with E-state index in [9.17, 15) is 43.2 Å². The van der Waals surface area contributed by atoms with Gasteiger partial charge < -0.3 is 33.8 Å². The van der Waals surface area contributed by atoms with Crippen molar-refractivity contribution < 1.29 is 80.2 Å². The van der Waals surface area contributed by atoms with Crippen LogP contribution in [0.15, 0.2) is 122 Å². The van der Waals surface area contributed by atoms with E-state index in [4.69, 9.17) is 37.0 Å². The summed E-state index contributed by atoms with van der Waals surface area (Å²) in [4.78, 5) is 73.2. The summed E-state index contributed by atoms with van der Waals surface area (Å²) < 4.78 is 68.8. The van der Waals surface area contributed by atoms with E-state index in [-0.39, 0.29) is 25.7 Å². The number of ether oxygens (including phenoxy) is 4. The third-order valence-electron chi connectivity index (χ3n) is 18.0. The fourth-order valence-corrected chi connectivity index (χ4v) is 13.1. The molecule has 19 heteroatoms. The number of esters is 4. The summed E-state index contributed by atoms with van der Waals surface area (Å²) in [5.41, 5.74) is 0. The Bertz CT molecular complexity index is 2350. The van der Waals surface area contributed by atoms with E-state index < -0.39 is 97.5 Å². The van der Waals surface area contributed by atoms with Crippen molar-refractivity contribution in [2.45, 2.75) is 380 Å². The number of carbonyl (C=O) groups excluding carboxylic acids is 4.